The Morgan fingerprint density at radius 3 is 2.19 bits per heavy atom. The largest absolute Gasteiger partial charge is 0.364 e. The van der Waals surface area contributed by atoms with Gasteiger partial charge < -0.3 is 5.73 Å². The number of primary amides is 1. The maximum absolute atomic E-state index is 10.8. The third-order valence-corrected chi connectivity index (χ3v) is 3.08. The van der Waals surface area contributed by atoms with Crippen LogP contribution in [0.4, 0.5) is 0 Å². The second-order valence-electron chi connectivity index (χ2n) is 3.92. The van der Waals surface area contributed by atoms with Gasteiger partial charge in [0.15, 0.2) is 0 Å². The highest BCUT2D eigenvalue weighted by Gasteiger charge is 2.24. The lowest BCUT2D eigenvalue weighted by Crippen LogP contribution is -2.22. The molecule has 0 radical (unpaired) electrons. The van der Waals surface area contributed by atoms with Gasteiger partial charge in [0.1, 0.15) is 5.69 Å². The van der Waals surface area contributed by atoms with Crippen molar-refractivity contribution in [3.05, 3.63) is 23.8 Å². The predicted octanol–water partition coefficient (Wildman–Crippen LogP) is 2.29. The number of aromatic nitrogens is 2. The van der Waals surface area contributed by atoms with Crippen LogP contribution in [0.15, 0.2) is 12.4 Å². The van der Waals surface area contributed by atoms with E-state index in [0.717, 1.165) is 18.5 Å². The van der Waals surface area contributed by atoms with E-state index in [4.69, 9.17) is 5.73 Å². The summed E-state index contributed by atoms with van der Waals surface area (Å²) in [6.45, 7) is 6.38. The van der Waals surface area contributed by atoms with Gasteiger partial charge in [-0.3, -0.25) is 9.78 Å². The van der Waals surface area contributed by atoms with Gasteiger partial charge in [0.2, 0.25) is 0 Å². The molecule has 4 heteroatoms. The highest BCUT2D eigenvalue weighted by atomic mass is 16.1. The molecule has 1 aromatic heterocycles. The molecule has 1 heterocycles. The van der Waals surface area contributed by atoms with Crippen LogP contribution in [0.5, 0.6) is 0 Å². The molecule has 90 valence electrons. The molecule has 1 aromatic rings. The second kappa shape index (κ2) is 5.58. The molecule has 0 bridgehead atoms. The average molecular weight is 223 g/mol. The van der Waals surface area contributed by atoms with Crippen molar-refractivity contribution in [3.8, 4) is 0 Å². The Labute approximate surface area is 97.3 Å². The van der Waals surface area contributed by atoms with Crippen LogP contribution in [0.2, 0.25) is 0 Å². The molecule has 0 aliphatic heterocycles. The van der Waals surface area contributed by atoms with Crippen LogP contribution in [0.25, 0.3) is 0 Å². The Bertz CT molecular complexity index is 342. The average Bonchev–Trinajstić information content (AvgIpc) is 2.28. The Balaban J connectivity index is 0.00000225. The molecule has 1 amide bonds. The topological polar surface area (TPSA) is 68.9 Å². The van der Waals surface area contributed by atoms with Crippen molar-refractivity contribution in [2.75, 3.05) is 0 Å². The maximum atomic E-state index is 10.8. The van der Waals surface area contributed by atoms with Crippen molar-refractivity contribution >= 4 is 5.91 Å². The summed E-state index contributed by atoms with van der Waals surface area (Å²) in [4.78, 5) is 19.1. The highest BCUT2D eigenvalue weighted by Crippen LogP contribution is 2.28. The maximum Gasteiger partial charge on any atom is 0.268 e. The minimum absolute atomic E-state index is 0. The highest BCUT2D eigenvalue weighted by molar-refractivity contribution is 5.90. The van der Waals surface area contributed by atoms with E-state index in [-0.39, 0.29) is 18.5 Å². The molecule has 0 saturated carbocycles. The van der Waals surface area contributed by atoms with E-state index >= 15 is 0 Å². The normalized spacial score (nSPS) is 10.7. The number of hydrogen-bond donors (Lipinski definition) is 1. The van der Waals surface area contributed by atoms with Gasteiger partial charge in [0.25, 0.3) is 5.91 Å². The summed E-state index contributed by atoms with van der Waals surface area (Å²) in [5.41, 5.74) is 6.26. The minimum Gasteiger partial charge on any atom is -0.364 e. The van der Waals surface area contributed by atoms with E-state index in [1.807, 2.05) is 0 Å². The molecule has 0 unspecified atom stereocenters. The number of amides is 1. The van der Waals surface area contributed by atoms with Gasteiger partial charge in [0.05, 0.1) is 11.9 Å². The van der Waals surface area contributed by atoms with E-state index in [0.29, 0.717) is 0 Å². The van der Waals surface area contributed by atoms with Crippen LogP contribution >= 0.6 is 0 Å². The minimum atomic E-state index is -0.538. The molecule has 0 aromatic carbocycles. The first-order valence-electron chi connectivity index (χ1n) is 5.16. The van der Waals surface area contributed by atoms with E-state index < -0.39 is 5.91 Å². The summed E-state index contributed by atoms with van der Waals surface area (Å²) in [5, 5.41) is 0. The van der Waals surface area contributed by atoms with Gasteiger partial charge in [0, 0.05) is 11.6 Å². The zero-order valence-corrected chi connectivity index (χ0v) is 9.45. The molecule has 0 spiro atoms. The molecular weight excluding hydrogens is 202 g/mol. The quantitative estimate of drug-likeness (QED) is 0.851. The second-order valence-corrected chi connectivity index (χ2v) is 3.92. The van der Waals surface area contributed by atoms with E-state index in [1.165, 1.54) is 6.20 Å². The Morgan fingerprint density at radius 1 is 1.31 bits per heavy atom. The summed E-state index contributed by atoms with van der Waals surface area (Å²) >= 11 is 0. The standard InChI is InChI=1S/C11H17N3O.CH4/c1-4-11(3,5-2)9-7-13-8(6-14-9)10(12)15;/h6-7H,4-5H2,1-3H3,(H2,12,15);1H4. The molecule has 0 aliphatic carbocycles. The molecular formula is C12H21N3O. The summed E-state index contributed by atoms with van der Waals surface area (Å²) in [6, 6.07) is 0. The van der Waals surface area contributed by atoms with Crippen molar-refractivity contribution in [1.82, 2.24) is 9.97 Å². The number of nitrogens with two attached hydrogens (primary N) is 1. The van der Waals surface area contributed by atoms with Crippen LogP contribution < -0.4 is 5.73 Å². The third kappa shape index (κ3) is 2.78. The van der Waals surface area contributed by atoms with Gasteiger partial charge in [-0.25, -0.2) is 4.98 Å². The van der Waals surface area contributed by atoms with Crippen LogP contribution in [0.1, 0.15) is 57.2 Å². The van der Waals surface area contributed by atoms with Gasteiger partial charge >= 0.3 is 0 Å². The van der Waals surface area contributed by atoms with E-state index in [2.05, 4.69) is 30.7 Å². The number of rotatable bonds is 4. The monoisotopic (exact) mass is 223 g/mol. The number of carbonyl (C=O) groups is 1. The predicted molar refractivity (Wildman–Crippen MR) is 65.2 cm³/mol. The summed E-state index contributed by atoms with van der Waals surface area (Å²) < 4.78 is 0. The number of nitrogens with zero attached hydrogens (tertiary/aromatic N) is 2. The molecule has 2 N–H and O–H groups in total. The number of hydrogen-bond acceptors (Lipinski definition) is 3. The van der Waals surface area contributed by atoms with Crippen LogP contribution in [-0.4, -0.2) is 15.9 Å². The molecule has 1 rings (SSSR count). The Morgan fingerprint density at radius 2 is 1.88 bits per heavy atom. The molecule has 4 nitrogen and oxygen atoms in total. The lowest BCUT2D eigenvalue weighted by molar-refractivity contribution is 0.0995. The first-order valence-corrected chi connectivity index (χ1v) is 5.16. The van der Waals surface area contributed by atoms with Crippen molar-refractivity contribution < 1.29 is 4.79 Å². The number of carbonyl (C=O) groups excluding carboxylic acids is 1. The van der Waals surface area contributed by atoms with Gasteiger partial charge in [-0.05, 0) is 12.8 Å². The van der Waals surface area contributed by atoms with Crippen LogP contribution in [-0.2, 0) is 5.41 Å². The van der Waals surface area contributed by atoms with Gasteiger partial charge in [-0.2, -0.15) is 0 Å². The first-order chi connectivity index (χ1) is 7.03. The lowest BCUT2D eigenvalue weighted by Gasteiger charge is -2.25. The molecule has 16 heavy (non-hydrogen) atoms. The zero-order valence-electron chi connectivity index (χ0n) is 9.45. The first kappa shape index (κ1) is 14.6. The summed E-state index contributed by atoms with van der Waals surface area (Å²) in [7, 11) is 0. The Hall–Kier alpha value is -1.45. The van der Waals surface area contributed by atoms with Gasteiger partial charge in [-0.15, -0.1) is 0 Å². The lowest BCUT2D eigenvalue weighted by atomic mass is 9.82. The fourth-order valence-electron chi connectivity index (χ4n) is 1.38. The van der Waals surface area contributed by atoms with Crippen LogP contribution in [0, 0.1) is 0 Å². The summed E-state index contributed by atoms with van der Waals surface area (Å²) in [6.07, 6.45) is 5.08. The zero-order chi connectivity index (χ0) is 11.5. The molecule has 0 aliphatic rings. The van der Waals surface area contributed by atoms with Crippen molar-refractivity contribution in [1.29, 1.82) is 0 Å². The molecule has 0 saturated heterocycles. The van der Waals surface area contributed by atoms with E-state index in [1.54, 1.807) is 6.20 Å². The smallest absolute Gasteiger partial charge is 0.268 e. The summed E-state index contributed by atoms with van der Waals surface area (Å²) in [5.74, 6) is -0.538. The van der Waals surface area contributed by atoms with Crippen LogP contribution in [0.3, 0.4) is 0 Å². The third-order valence-electron chi connectivity index (χ3n) is 3.08. The molecule has 0 atom stereocenters. The molecule has 0 fully saturated rings. The fraction of sp³-hybridized carbons (Fsp3) is 0.583. The van der Waals surface area contributed by atoms with E-state index in [9.17, 15) is 4.79 Å². The Kier molecular flexibility index (Phi) is 5.08. The fourth-order valence-corrected chi connectivity index (χ4v) is 1.38. The van der Waals surface area contributed by atoms with Crippen molar-refractivity contribution in [2.24, 2.45) is 5.73 Å². The SMILES string of the molecule is C.CCC(C)(CC)c1cnc(C(N)=O)cn1. The van der Waals surface area contributed by atoms with Gasteiger partial charge in [-0.1, -0.05) is 28.2 Å². The van der Waals surface area contributed by atoms with Crippen molar-refractivity contribution in [2.45, 2.75) is 46.5 Å². The van der Waals surface area contributed by atoms with Crippen molar-refractivity contribution in [3.63, 3.8) is 0 Å².